The first kappa shape index (κ1) is 15.7. The van der Waals surface area contributed by atoms with E-state index in [4.69, 9.17) is 10.7 Å². The summed E-state index contributed by atoms with van der Waals surface area (Å²) in [4.78, 5) is 25.3. The second-order valence-electron chi connectivity index (χ2n) is 6.78. The molecule has 0 aliphatic heterocycles. The highest BCUT2D eigenvalue weighted by atomic mass is 16.1. The number of amides is 1. The van der Waals surface area contributed by atoms with E-state index < -0.39 is 5.91 Å². The molecule has 4 aromatic rings. The van der Waals surface area contributed by atoms with Crippen LogP contribution in [-0.4, -0.2) is 25.3 Å². The lowest BCUT2D eigenvalue weighted by Gasteiger charge is -2.10. The molecule has 5 rings (SSSR count). The van der Waals surface area contributed by atoms with E-state index in [1.807, 2.05) is 42.6 Å². The second kappa shape index (κ2) is 6.02. The molecule has 0 spiro atoms. The molecule has 6 heteroatoms. The van der Waals surface area contributed by atoms with Crippen LogP contribution in [0.4, 0.5) is 0 Å². The third-order valence-electron chi connectivity index (χ3n) is 4.89. The smallest absolute Gasteiger partial charge is 0.267 e. The fourth-order valence-electron chi connectivity index (χ4n) is 3.35. The number of carbonyl (C=O) groups excluding carboxylic acids is 1. The zero-order valence-corrected chi connectivity index (χ0v) is 14.5. The van der Waals surface area contributed by atoms with Crippen molar-refractivity contribution in [3.05, 3.63) is 72.4 Å². The van der Waals surface area contributed by atoms with E-state index in [2.05, 4.69) is 16.0 Å². The van der Waals surface area contributed by atoms with E-state index in [9.17, 15) is 4.79 Å². The lowest BCUT2D eigenvalue weighted by atomic mass is 10.0. The Morgan fingerprint density at radius 2 is 1.96 bits per heavy atom. The summed E-state index contributed by atoms with van der Waals surface area (Å²) in [5.41, 5.74) is 11.2. The molecular weight excluding hydrogens is 338 g/mol. The van der Waals surface area contributed by atoms with Gasteiger partial charge in [0.05, 0.1) is 17.6 Å². The van der Waals surface area contributed by atoms with Gasteiger partial charge in [0.2, 0.25) is 0 Å². The van der Waals surface area contributed by atoms with Gasteiger partial charge < -0.3 is 5.73 Å². The summed E-state index contributed by atoms with van der Waals surface area (Å²) in [6.45, 7) is 0. The fourth-order valence-corrected chi connectivity index (χ4v) is 3.35. The first-order valence-electron chi connectivity index (χ1n) is 8.90. The van der Waals surface area contributed by atoms with Gasteiger partial charge in [-0.1, -0.05) is 12.1 Å². The number of carbonyl (C=O) groups is 1. The van der Waals surface area contributed by atoms with Crippen LogP contribution in [0.1, 0.15) is 34.9 Å². The number of primary amides is 1. The number of fused-ring (bicyclic) bond motifs is 1. The molecule has 4 heterocycles. The summed E-state index contributed by atoms with van der Waals surface area (Å²) in [7, 11) is 0. The van der Waals surface area contributed by atoms with Gasteiger partial charge in [-0.3, -0.25) is 19.2 Å². The van der Waals surface area contributed by atoms with Crippen molar-refractivity contribution in [1.29, 1.82) is 0 Å². The molecule has 27 heavy (non-hydrogen) atoms. The molecular formula is C21H17N5O. The van der Waals surface area contributed by atoms with Gasteiger partial charge in [-0.15, -0.1) is 0 Å². The molecule has 4 aromatic heterocycles. The molecule has 1 aliphatic carbocycles. The Labute approximate surface area is 155 Å². The van der Waals surface area contributed by atoms with E-state index in [0.717, 1.165) is 28.2 Å². The van der Waals surface area contributed by atoms with Gasteiger partial charge in [0.15, 0.2) is 0 Å². The number of hydrogen-bond acceptors (Lipinski definition) is 4. The van der Waals surface area contributed by atoms with Crippen LogP contribution in [0.5, 0.6) is 0 Å². The summed E-state index contributed by atoms with van der Waals surface area (Å²) in [5, 5.41) is 0. The van der Waals surface area contributed by atoms with Gasteiger partial charge in [-0.25, -0.2) is 4.98 Å². The summed E-state index contributed by atoms with van der Waals surface area (Å²) >= 11 is 0. The van der Waals surface area contributed by atoms with E-state index in [1.165, 1.54) is 19.0 Å². The van der Waals surface area contributed by atoms with E-state index in [0.29, 0.717) is 17.3 Å². The SMILES string of the molecule is NC(=O)c1cnc2ccc(-c3cccnc3-c3cccc(C4CC4)n3)cn12. The van der Waals surface area contributed by atoms with Crippen LogP contribution in [0.25, 0.3) is 28.2 Å². The third-order valence-corrected chi connectivity index (χ3v) is 4.89. The zero-order valence-electron chi connectivity index (χ0n) is 14.5. The number of hydrogen-bond donors (Lipinski definition) is 1. The maximum absolute atomic E-state index is 11.7. The van der Waals surface area contributed by atoms with Gasteiger partial charge >= 0.3 is 0 Å². The van der Waals surface area contributed by atoms with E-state index in [-0.39, 0.29) is 0 Å². The summed E-state index contributed by atoms with van der Waals surface area (Å²) in [6.07, 6.45) is 7.55. The Balaban J connectivity index is 1.66. The number of pyridine rings is 3. The average Bonchev–Trinajstić information content (AvgIpc) is 3.46. The Morgan fingerprint density at radius 1 is 1.07 bits per heavy atom. The molecule has 0 bridgehead atoms. The van der Waals surface area contributed by atoms with Crippen molar-refractivity contribution in [2.75, 3.05) is 0 Å². The van der Waals surface area contributed by atoms with Gasteiger partial charge in [0, 0.05) is 35.1 Å². The molecule has 0 unspecified atom stereocenters. The average molecular weight is 355 g/mol. The highest BCUT2D eigenvalue weighted by molar-refractivity contribution is 5.92. The molecule has 1 fully saturated rings. The molecule has 2 N–H and O–H groups in total. The molecule has 6 nitrogen and oxygen atoms in total. The summed E-state index contributed by atoms with van der Waals surface area (Å²) < 4.78 is 1.71. The fraction of sp³-hybridized carbons (Fsp3) is 0.143. The number of nitrogens with zero attached hydrogens (tertiary/aromatic N) is 4. The number of nitrogens with two attached hydrogens (primary N) is 1. The topological polar surface area (TPSA) is 86.2 Å². The van der Waals surface area contributed by atoms with E-state index >= 15 is 0 Å². The first-order chi connectivity index (χ1) is 13.2. The Morgan fingerprint density at radius 3 is 2.78 bits per heavy atom. The lowest BCUT2D eigenvalue weighted by molar-refractivity contribution is 0.0995. The van der Waals surface area contributed by atoms with Gasteiger partial charge in [0.1, 0.15) is 11.3 Å². The molecule has 1 saturated carbocycles. The zero-order chi connectivity index (χ0) is 18.4. The normalized spacial score (nSPS) is 13.8. The van der Waals surface area contributed by atoms with Crippen LogP contribution in [0.3, 0.4) is 0 Å². The molecule has 0 saturated heterocycles. The van der Waals surface area contributed by atoms with Crippen LogP contribution in [0, 0.1) is 0 Å². The summed E-state index contributed by atoms with van der Waals surface area (Å²) in [5.74, 6) is 0.0717. The highest BCUT2D eigenvalue weighted by Crippen LogP contribution is 2.40. The van der Waals surface area contributed by atoms with Crippen LogP contribution < -0.4 is 5.73 Å². The molecule has 1 aliphatic rings. The molecule has 0 radical (unpaired) electrons. The third kappa shape index (κ3) is 2.75. The molecule has 0 aromatic carbocycles. The van der Waals surface area contributed by atoms with Gasteiger partial charge in [-0.2, -0.15) is 0 Å². The standard InChI is InChI=1S/C21H17N5O/c22-21(27)18-11-24-19-9-8-14(12-26(18)19)15-3-2-10-23-20(15)17-5-1-4-16(25-17)13-6-7-13/h1-5,8-13H,6-7H2,(H2,22,27). The minimum Gasteiger partial charge on any atom is -0.364 e. The Hall–Kier alpha value is -3.54. The number of aromatic nitrogens is 4. The van der Waals surface area contributed by atoms with Crippen molar-refractivity contribution in [2.45, 2.75) is 18.8 Å². The predicted molar refractivity (Wildman–Crippen MR) is 102 cm³/mol. The largest absolute Gasteiger partial charge is 0.364 e. The Kier molecular flexibility index (Phi) is 3.50. The van der Waals surface area contributed by atoms with E-state index in [1.54, 1.807) is 10.6 Å². The van der Waals surface area contributed by atoms with Crippen LogP contribution in [0.2, 0.25) is 0 Å². The van der Waals surface area contributed by atoms with Crippen LogP contribution >= 0.6 is 0 Å². The Bertz CT molecular complexity index is 1180. The van der Waals surface area contributed by atoms with Crippen molar-refractivity contribution < 1.29 is 4.79 Å². The first-order valence-corrected chi connectivity index (χ1v) is 8.90. The van der Waals surface area contributed by atoms with Crippen molar-refractivity contribution in [3.8, 4) is 22.5 Å². The second-order valence-corrected chi connectivity index (χ2v) is 6.78. The molecule has 0 atom stereocenters. The maximum Gasteiger partial charge on any atom is 0.267 e. The predicted octanol–water partition coefficient (Wildman–Crippen LogP) is 3.43. The van der Waals surface area contributed by atoms with Crippen molar-refractivity contribution in [3.63, 3.8) is 0 Å². The molecule has 1 amide bonds. The van der Waals surface area contributed by atoms with Gasteiger partial charge in [-0.05, 0) is 43.2 Å². The van der Waals surface area contributed by atoms with Crippen molar-refractivity contribution in [2.24, 2.45) is 5.73 Å². The quantitative estimate of drug-likeness (QED) is 0.607. The van der Waals surface area contributed by atoms with Crippen LogP contribution in [-0.2, 0) is 0 Å². The van der Waals surface area contributed by atoms with Crippen LogP contribution in [0.15, 0.2) is 61.1 Å². The minimum atomic E-state index is -0.509. The molecule has 132 valence electrons. The van der Waals surface area contributed by atoms with Crippen molar-refractivity contribution in [1.82, 2.24) is 19.4 Å². The summed E-state index contributed by atoms with van der Waals surface area (Å²) in [6, 6.07) is 13.9. The van der Waals surface area contributed by atoms with Gasteiger partial charge in [0.25, 0.3) is 5.91 Å². The maximum atomic E-state index is 11.7. The minimum absolute atomic E-state index is 0.353. The number of rotatable bonds is 4. The highest BCUT2D eigenvalue weighted by Gasteiger charge is 2.25. The van der Waals surface area contributed by atoms with Crippen molar-refractivity contribution >= 4 is 11.6 Å². The lowest BCUT2D eigenvalue weighted by Crippen LogP contribution is -2.13. The number of imidazole rings is 1. The monoisotopic (exact) mass is 355 g/mol.